The normalized spacial score (nSPS) is 14.3. The van der Waals surface area contributed by atoms with E-state index in [-0.39, 0.29) is 5.91 Å². The predicted octanol–water partition coefficient (Wildman–Crippen LogP) is 5.07. The van der Waals surface area contributed by atoms with Gasteiger partial charge in [-0.05, 0) is 60.9 Å². The summed E-state index contributed by atoms with van der Waals surface area (Å²) in [6.07, 6.45) is 7.85. The van der Waals surface area contributed by atoms with Crippen molar-refractivity contribution in [2.24, 2.45) is 5.92 Å². The molecule has 1 N–H and O–H groups in total. The summed E-state index contributed by atoms with van der Waals surface area (Å²) in [5.41, 5.74) is 1.58. The van der Waals surface area contributed by atoms with Crippen LogP contribution < -0.4 is 10.1 Å². The number of hydrogen-bond donors (Lipinski definition) is 1. The minimum Gasteiger partial charge on any atom is -0.494 e. The van der Waals surface area contributed by atoms with Crippen LogP contribution in [0.2, 0.25) is 0 Å². The number of carbonyl (C=O) groups is 2. The molecule has 1 amide bonds. The fourth-order valence-corrected chi connectivity index (χ4v) is 3.53. The van der Waals surface area contributed by atoms with Crippen LogP contribution in [-0.4, -0.2) is 25.6 Å². The number of hydrogen-bond acceptors (Lipinski definition) is 4. The number of nitrogens with one attached hydrogen (secondary N) is 1. The summed E-state index contributed by atoms with van der Waals surface area (Å²) in [7, 11) is 1.33. The summed E-state index contributed by atoms with van der Waals surface area (Å²) in [4.78, 5) is 23.8. The Bertz CT molecular complexity index is 777. The minimum atomic E-state index is -0.425. The molecule has 0 spiro atoms. The maximum absolute atomic E-state index is 12.3. The van der Waals surface area contributed by atoms with Crippen LogP contribution in [0, 0.1) is 5.92 Å². The van der Waals surface area contributed by atoms with Crippen molar-refractivity contribution < 1.29 is 19.1 Å². The zero-order chi connectivity index (χ0) is 19.8. The molecule has 1 fully saturated rings. The molecule has 0 aromatic heterocycles. The van der Waals surface area contributed by atoms with Crippen LogP contribution in [0.4, 0.5) is 5.69 Å². The highest BCUT2D eigenvalue weighted by molar-refractivity contribution is 6.04. The van der Waals surface area contributed by atoms with Crippen LogP contribution in [-0.2, 0) is 4.74 Å². The number of ether oxygens (including phenoxy) is 2. The quantitative estimate of drug-likeness (QED) is 0.680. The van der Waals surface area contributed by atoms with Gasteiger partial charge in [0.1, 0.15) is 5.75 Å². The van der Waals surface area contributed by atoms with Crippen molar-refractivity contribution in [2.45, 2.75) is 38.5 Å². The van der Waals surface area contributed by atoms with Crippen molar-refractivity contribution in [1.82, 2.24) is 0 Å². The van der Waals surface area contributed by atoms with Crippen LogP contribution in [0.25, 0.3) is 0 Å². The average molecular weight is 381 g/mol. The number of carbonyl (C=O) groups excluding carboxylic acids is 2. The predicted molar refractivity (Wildman–Crippen MR) is 109 cm³/mol. The van der Waals surface area contributed by atoms with Crippen molar-refractivity contribution in [3.05, 3.63) is 59.7 Å². The summed E-state index contributed by atoms with van der Waals surface area (Å²) in [6.45, 7) is 0.739. The molecular weight excluding hydrogens is 354 g/mol. The molecule has 1 aliphatic carbocycles. The van der Waals surface area contributed by atoms with Gasteiger partial charge in [0, 0.05) is 11.3 Å². The van der Waals surface area contributed by atoms with E-state index in [0.29, 0.717) is 16.8 Å². The van der Waals surface area contributed by atoms with Gasteiger partial charge in [-0.15, -0.1) is 0 Å². The first-order valence-corrected chi connectivity index (χ1v) is 9.88. The second-order valence-electron chi connectivity index (χ2n) is 7.19. The van der Waals surface area contributed by atoms with E-state index in [0.717, 1.165) is 24.7 Å². The Kier molecular flexibility index (Phi) is 7.06. The third kappa shape index (κ3) is 5.59. The fraction of sp³-hybridized carbons (Fsp3) is 0.391. The standard InChI is InChI=1S/C23H27NO4/c1-27-23(26)19-9-7-18(8-10-19)22(25)24-20-11-13-21(14-12-20)28-16-15-17-5-3-2-4-6-17/h7-14,17H,2-6,15-16H2,1H3,(H,24,25). The first kappa shape index (κ1) is 19.9. The van der Waals surface area contributed by atoms with Crippen molar-refractivity contribution >= 4 is 17.6 Å². The van der Waals surface area contributed by atoms with Gasteiger partial charge in [0.05, 0.1) is 19.3 Å². The molecule has 1 saturated carbocycles. The van der Waals surface area contributed by atoms with Crippen LogP contribution in [0.3, 0.4) is 0 Å². The Labute approximate surface area is 166 Å². The molecule has 0 aliphatic heterocycles. The second-order valence-corrected chi connectivity index (χ2v) is 7.19. The van der Waals surface area contributed by atoms with Gasteiger partial charge in [-0.2, -0.15) is 0 Å². The molecule has 0 radical (unpaired) electrons. The fourth-order valence-electron chi connectivity index (χ4n) is 3.53. The molecule has 2 aromatic carbocycles. The van der Waals surface area contributed by atoms with Gasteiger partial charge in [0.15, 0.2) is 0 Å². The lowest BCUT2D eigenvalue weighted by Gasteiger charge is -2.21. The number of methoxy groups -OCH3 is 1. The summed E-state index contributed by atoms with van der Waals surface area (Å²) in [5, 5.41) is 2.85. The Morgan fingerprint density at radius 3 is 2.21 bits per heavy atom. The van der Waals surface area contributed by atoms with Gasteiger partial charge < -0.3 is 14.8 Å². The molecule has 3 rings (SSSR count). The van der Waals surface area contributed by atoms with E-state index >= 15 is 0 Å². The minimum absolute atomic E-state index is 0.234. The van der Waals surface area contributed by atoms with Crippen LogP contribution >= 0.6 is 0 Å². The van der Waals surface area contributed by atoms with Gasteiger partial charge in [-0.25, -0.2) is 4.79 Å². The van der Waals surface area contributed by atoms with E-state index in [9.17, 15) is 9.59 Å². The van der Waals surface area contributed by atoms with Crippen molar-refractivity contribution in [3.63, 3.8) is 0 Å². The van der Waals surface area contributed by atoms with E-state index in [4.69, 9.17) is 4.74 Å². The van der Waals surface area contributed by atoms with Gasteiger partial charge in [-0.3, -0.25) is 4.79 Å². The first-order chi connectivity index (χ1) is 13.7. The topological polar surface area (TPSA) is 64.6 Å². The molecule has 1 aliphatic rings. The largest absolute Gasteiger partial charge is 0.494 e. The highest BCUT2D eigenvalue weighted by Crippen LogP contribution is 2.26. The maximum Gasteiger partial charge on any atom is 0.337 e. The molecule has 2 aromatic rings. The number of benzene rings is 2. The highest BCUT2D eigenvalue weighted by Gasteiger charge is 2.13. The zero-order valence-corrected chi connectivity index (χ0v) is 16.3. The van der Waals surface area contributed by atoms with Gasteiger partial charge in [0.2, 0.25) is 0 Å². The lowest BCUT2D eigenvalue weighted by molar-refractivity contribution is 0.0600. The third-order valence-corrected chi connectivity index (χ3v) is 5.20. The third-order valence-electron chi connectivity index (χ3n) is 5.20. The second kappa shape index (κ2) is 9.93. The van der Waals surface area contributed by atoms with Crippen molar-refractivity contribution in [1.29, 1.82) is 0 Å². The molecule has 5 heteroatoms. The van der Waals surface area contributed by atoms with Crippen LogP contribution in [0.1, 0.15) is 59.2 Å². The Balaban J connectivity index is 1.47. The highest BCUT2D eigenvalue weighted by atomic mass is 16.5. The molecule has 0 bridgehead atoms. The Morgan fingerprint density at radius 1 is 0.929 bits per heavy atom. The monoisotopic (exact) mass is 381 g/mol. The lowest BCUT2D eigenvalue weighted by Crippen LogP contribution is -2.12. The van der Waals surface area contributed by atoms with E-state index in [1.807, 2.05) is 24.3 Å². The number of anilines is 1. The summed E-state index contributed by atoms with van der Waals surface area (Å²) < 4.78 is 10.5. The molecule has 0 heterocycles. The van der Waals surface area contributed by atoms with E-state index in [2.05, 4.69) is 10.1 Å². The van der Waals surface area contributed by atoms with Crippen molar-refractivity contribution in [3.8, 4) is 5.75 Å². The SMILES string of the molecule is COC(=O)c1ccc(C(=O)Nc2ccc(OCCC3CCCCC3)cc2)cc1. The molecule has 0 saturated heterocycles. The lowest BCUT2D eigenvalue weighted by atomic mass is 9.87. The van der Waals surface area contributed by atoms with E-state index in [1.54, 1.807) is 24.3 Å². The zero-order valence-electron chi connectivity index (χ0n) is 16.3. The van der Waals surface area contributed by atoms with Gasteiger partial charge in [-0.1, -0.05) is 32.1 Å². The molecule has 0 atom stereocenters. The van der Waals surface area contributed by atoms with Gasteiger partial charge in [0.25, 0.3) is 5.91 Å². The molecular formula is C23H27NO4. The Morgan fingerprint density at radius 2 is 1.57 bits per heavy atom. The smallest absolute Gasteiger partial charge is 0.337 e. The number of esters is 1. The number of rotatable bonds is 7. The van der Waals surface area contributed by atoms with Gasteiger partial charge >= 0.3 is 5.97 Å². The van der Waals surface area contributed by atoms with E-state index < -0.39 is 5.97 Å². The molecule has 5 nitrogen and oxygen atoms in total. The maximum atomic E-state index is 12.3. The number of amides is 1. The average Bonchev–Trinajstić information content (AvgIpc) is 2.75. The molecule has 148 valence electrons. The van der Waals surface area contributed by atoms with Crippen LogP contribution in [0.5, 0.6) is 5.75 Å². The van der Waals surface area contributed by atoms with Crippen molar-refractivity contribution in [2.75, 3.05) is 19.0 Å². The van der Waals surface area contributed by atoms with E-state index in [1.165, 1.54) is 39.2 Å². The summed E-state index contributed by atoms with van der Waals surface area (Å²) >= 11 is 0. The van der Waals surface area contributed by atoms with Crippen LogP contribution in [0.15, 0.2) is 48.5 Å². The molecule has 0 unspecified atom stereocenters. The molecule has 28 heavy (non-hydrogen) atoms. The summed E-state index contributed by atoms with van der Waals surface area (Å²) in [5.74, 6) is 0.961. The Hall–Kier alpha value is -2.82. The summed E-state index contributed by atoms with van der Waals surface area (Å²) in [6, 6.07) is 13.8. The first-order valence-electron chi connectivity index (χ1n) is 9.88.